The maximum absolute atomic E-state index is 12.6. The largest absolute Gasteiger partial charge is 0.336 e. The van der Waals surface area contributed by atoms with Crippen LogP contribution in [0.2, 0.25) is 5.02 Å². The van der Waals surface area contributed by atoms with Crippen LogP contribution in [0.25, 0.3) is 5.69 Å². The number of benzene rings is 1. The Morgan fingerprint density at radius 1 is 1.50 bits per heavy atom. The van der Waals surface area contributed by atoms with Gasteiger partial charge in [0.25, 0.3) is 5.91 Å². The second kappa shape index (κ2) is 6.06. The highest BCUT2D eigenvalue weighted by Gasteiger charge is 2.27. The fourth-order valence-corrected chi connectivity index (χ4v) is 2.87. The number of aromatic nitrogens is 3. The van der Waals surface area contributed by atoms with Crippen molar-refractivity contribution in [1.82, 2.24) is 25.2 Å². The molecule has 1 fully saturated rings. The van der Waals surface area contributed by atoms with E-state index in [1.54, 1.807) is 21.7 Å². The molecule has 1 saturated heterocycles. The standard InChI is InChI=1S/C15H18ClN5O/c1-10-14(15(22)20(2)13-6-7-17-9-13)18-19-21(10)12-5-3-4-11(16)8-12/h3-5,8,13,17H,6-7,9H2,1-2H3. The molecule has 116 valence electrons. The fraction of sp³-hybridized carbons (Fsp3) is 0.400. The van der Waals surface area contributed by atoms with Crippen molar-refractivity contribution in [2.75, 3.05) is 20.1 Å². The number of carbonyl (C=O) groups is 1. The fourth-order valence-electron chi connectivity index (χ4n) is 2.68. The molecule has 1 N–H and O–H groups in total. The molecule has 0 spiro atoms. The lowest BCUT2D eigenvalue weighted by molar-refractivity contribution is 0.0737. The van der Waals surface area contributed by atoms with E-state index in [4.69, 9.17) is 11.6 Å². The smallest absolute Gasteiger partial charge is 0.276 e. The molecule has 1 aliphatic rings. The van der Waals surface area contributed by atoms with Gasteiger partial charge < -0.3 is 10.2 Å². The topological polar surface area (TPSA) is 63.1 Å². The molecule has 2 heterocycles. The number of halogens is 1. The summed E-state index contributed by atoms with van der Waals surface area (Å²) in [6, 6.07) is 7.53. The van der Waals surface area contributed by atoms with E-state index in [0.717, 1.165) is 25.2 Å². The van der Waals surface area contributed by atoms with Gasteiger partial charge in [-0.25, -0.2) is 4.68 Å². The Labute approximate surface area is 134 Å². The quantitative estimate of drug-likeness (QED) is 0.934. The minimum Gasteiger partial charge on any atom is -0.336 e. The normalized spacial score (nSPS) is 17.7. The lowest BCUT2D eigenvalue weighted by Gasteiger charge is -2.22. The zero-order valence-corrected chi connectivity index (χ0v) is 13.3. The SMILES string of the molecule is Cc1c(C(=O)N(C)C2CCNC2)nnn1-c1cccc(Cl)c1. The van der Waals surface area contributed by atoms with Crippen LogP contribution in [0.15, 0.2) is 24.3 Å². The molecule has 0 radical (unpaired) electrons. The lowest BCUT2D eigenvalue weighted by Crippen LogP contribution is -2.38. The Morgan fingerprint density at radius 2 is 2.32 bits per heavy atom. The van der Waals surface area contributed by atoms with Crippen molar-refractivity contribution in [2.24, 2.45) is 0 Å². The number of rotatable bonds is 3. The van der Waals surface area contributed by atoms with Crippen molar-refractivity contribution in [2.45, 2.75) is 19.4 Å². The van der Waals surface area contributed by atoms with Crippen molar-refractivity contribution in [3.8, 4) is 5.69 Å². The third kappa shape index (κ3) is 2.71. The van der Waals surface area contributed by atoms with Gasteiger partial charge in [0.15, 0.2) is 5.69 Å². The lowest BCUT2D eigenvalue weighted by atomic mass is 10.2. The van der Waals surface area contributed by atoms with Gasteiger partial charge in [0.2, 0.25) is 0 Å². The van der Waals surface area contributed by atoms with Gasteiger partial charge in [-0.2, -0.15) is 0 Å². The predicted molar refractivity (Wildman–Crippen MR) is 84.5 cm³/mol. The third-order valence-electron chi connectivity index (χ3n) is 4.05. The summed E-state index contributed by atoms with van der Waals surface area (Å²) in [7, 11) is 1.82. The molecule has 1 amide bonds. The highest BCUT2D eigenvalue weighted by Crippen LogP contribution is 2.18. The summed E-state index contributed by atoms with van der Waals surface area (Å²) in [5.41, 5.74) is 1.89. The van der Waals surface area contributed by atoms with Gasteiger partial charge in [-0.1, -0.05) is 22.9 Å². The van der Waals surface area contributed by atoms with E-state index in [0.29, 0.717) is 16.4 Å². The average molecular weight is 320 g/mol. The third-order valence-corrected chi connectivity index (χ3v) is 4.29. The van der Waals surface area contributed by atoms with Gasteiger partial charge in [0, 0.05) is 24.7 Å². The van der Waals surface area contributed by atoms with Crippen LogP contribution in [0.4, 0.5) is 0 Å². The summed E-state index contributed by atoms with van der Waals surface area (Å²) in [6.45, 7) is 3.61. The van der Waals surface area contributed by atoms with Crippen LogP contribution < -0.4 is 5.32 Å². The summed E-state index contributed by atoms with van der Waals surface area (Å²) < 4.78 is 1.64. The molecule has 1 aromatic carbocycles. The Hall–Kier alpha value is -1.92. The van der Waals surface area contributed by atoms with Crippen LogP contribution in [0.1, 0.15) is 22.6 Å². The van der Waals surface area contributed by atoms with Gasteiger partial charge in [-0.3, -0.25) is 4.79 Å². The minimum atomic E-state index is -0.0977. The van der Waals surface area contributed by atoms with Crippen molar-refractivity contribution in [3.05, 3.63) is 40.7 Å². The Morgan fingerprint density at radius 3 is 3.00 bits per heavy atom. The van der Waals surface area contributed by atoms with Crippen LogP contribution in [-0.2, 0) is 0 Å². The first-order chi connectivity index (χ1) is 10.6. The molecular formula is C15H18ClN5O. The molecule has 0 bridgehead atoms. The molecule has 6 nitrogen and oxygen atoms in total. The van der Waals surface area contributed by atoms with Gasteiger partial charge in [0.1, 0.15) is 0 Å². The second-order valence-electron chi connectivity index (χ2n) is 5.48. The number of hydrogen-bond acceptors (Lipinski definition) is 4. The summed E-state index contributed by atoms with van der Waals surface area (Å²) >= 11 is 6.01. The van der Waals surface area contributed by atoms with Crippen LogP contribution >= 0.6 is 11.6 Å². The molecule has 0 aliphatic carbocycles. The number of likely N-dealkylation sites (N-methyl/N-ethyl adjacent to an activating group) is 1. The number of nitrogens with one attached hydrogen (secondary N) is 1. The Bertz CT molecular complexity index is 693. The number of carbonyl (C=O) groups excluding carboxylic acids is 1. The summed E-state index contributed by atoms with van der Waals surface area (Å²) in [4.78, 5) is 14.4. The molecule has 0 saturated carbocycles. The molecule has 7 heteroatoms. The monoisotopic (exact) mass is 319 g/mol. The van der Waals surface area contributed by atoms with E-state index in [1.807, 2.05) is 26.1 Å². The highest BCUT2D eigenvalue weighted by molar-refractivity contribution is 6.30. The molecule has 1 aliphatic heterocycles. The molecule has 1 aromatic heterocycles. The van der Waals surface area contributed by atoms with E-state index < -0.39 is 0 Å². The first-order valence-corrected chi connectivity index (χ1v) is 7.62. The molecule has 2 aromatic rings. The molecule has 1 atom stereocenters. The molecule has 1 unspecified atom stereocenters. The van der Waals surface area contributed by atoms with Crippen molar-refractivity contribution >= 4 is 17.5 Å². The maximum atomic E-state index is 12.6. The van der Waals surface area contributed by atoms with Gasteiger partial charge >= 0.3 is 0 Å². The van der Waals surface area contributed by atoms with Crippen LogP contribution in [0.5, 0.6) is 0 Å². The highest BCUT2D eigenvalue weighted by atomic mass is 35.5. The van der Waals surface area contributed by atoms with E-state index in [2.05, 4.69) is 15.6 Å². The minimum absolute atomic E-state index is 0.0977. The van der Waals surface area contributed by atoms with E-state index in [1.165, 1.54) is 0 Å². The van der Waals surface area contributed by atoms with Gasteiger partial charge in [-0.15, -0.1) is 5.10 Å². The molecular weight excluding hydrogens is 302 g/mol. The van der Waals surface area contributed by atoms with Crippen LogP contribution in [0, 0.1) is 6.92 Å². The Balaban J connectivity index is 1.88. The maximum Gasteiger partial charge on any atom is 0.276 e. The first-order valence-electron chi connectivity index (χ1n) is 7.24. The summed E-state index contributed by atoms with van der Waals surface area (Å²) in [6.07, 6.45) is 0.962. The molecule has 3 rings (SSSR count). The van der Waals surface area contributed by atoms with E-state index in [-0.39, 0.29) is 11.9 Å². The van der Waals surface area contributed by atoms with E-state index >= 15 is 0 Å². The van der Waals surface area contributed by atoms with Gasteiger partial charge in [-0.05, 0) is 38.1 Å². The zero-order chi connectivity index (χ0) is 15.7. The van der Waals surface area contributed by atoms with Crippen molar-refractivity contribution < 1.29 is 4.79 Å². The predicted octanol–water partition coefficient (Wildman–Crippen LogP) is 1.66. The van der Waals surface area contributed by atoms with Crippen molar-refractivity contribution in [1.29, 1.82) is 0 Å². The number of amides is 1. The summed E-state index contributed by atoms with van der Waals surface area (Å²) in [5, 5.41) is 12.1. The van der Waals surface area contributed by atoms with Crippen LogP contribution in [0.3, 0.4) is 0 Å². The molecule has 22 heavy (non-hydrogen) atoms. The summed E-state index contributed by atoms with van der Waals surface area (Å²) in [5.74, 6) is -0.0977. The van der Waals surface area contributed by atoms with Crippen LogP contribution in [-0.4, -0.2) is 52.0 Å². The van der Waals surface area contributed by atoms with Crippen molar-refractivity contribution in [3.63, 3.8) is 0 Å². The second-order valence-corrected chi connectivity index (χ2v) is 5.91. The Kier molecular flexibility index (Phi) is 4.13. The number of nitrogens with zero attached hydrogens (tertiary/aromatic N) is 4. The van der Waals surface area contributed by atoms with E-state index in [9.17, 15) is 4.79 Å². The average Bonchev–Trinajstić information content (AvgIpc) is 3.15. The van der Waals surface area contributed by atoms with Gasteiger partial charge in [0.05, 0.1) is 11.4 Å². The first kappa shape index (κ1) is 15.0. The number of hydrogen-bond donors (Lipinski definition) is 1. The zero-order valence-electron chi connectivity index (χ0n) is 12.6.